The standard InChI is InChI=1S/C18H29N7O.ClH/c1-7-25-12(3)16(11(2)22-25)18(26)19-14-8-13(9-14)17-21-20-15(24(17)6)10-23(4)5;/h13-14H,7-10H2,1-6H3,(H,19,26);1H. The number of aromatic nitrogens is 5. The molecule has 0 saturated heterocycles. The summed E-state index contributed by atoms with van der Waals surface area (Å²) in [6, 6.07) is 0.185. The van der Waals surface area contributed by atoms with Gasteiger partial charge in [-0.2, -0.15) is 5.10 Å². The van der Waals surface area contributed by atoms with Crippen LogP contribution in [0.5, 0.6) is 0 Å². The van der Waals surface area contributed by atoms with Crippen LogP contribution in [0.3, 0.4) is 0 Å². The van der Waals surface area contributed by atoms with E-state index in [-0.39, 0.29) is 24.4 Å². The third kappa shape index (κ3) is 4.16. The zero-order chi connectivity index (χ0) is 19.0. The molecule has 1 aliphatic rings. The quantitative estimate of drug-likeness (QED) is 0.806. The van der Waals surface area contributed by atoms with E-state index in [0.29, 0.717) is 11.5 Å². The van der Waals surface area contributed by atoms with Crippen molar-refractivity contribution in [3.05, 3.63) is 28.6 Å². The number of halogens is 1. The fourth-order valence-corrected chi connectivity index (χ4v) is 3.69. The Kier molecular flexibility index (Phi) is 6.64. The topological polar surface area (TPSA) is 80.9 Å². The van der Waals surface area contributed by atoms with E-state index in [1.807, 2.05) is 46.6 Å². The van der Waals surface area contributed by atoms with Crippen molar-refractivity contribution < 1.29 is 4.79 Å². The lowest BCUT2D eigenvalue weighted by Crippen LogP contribution is -2.44. The number of hydrogen-bond acceptors (Lipinski definition) is 5. The lowest BCUT2D eigenvalue weighted by Gasteiger charge is -2.35. The predicted octanol–water partition coefficient (Wildman–Crippen LogP) is 1.81. The highest BCUT2D eigenvalue weighted by molar-refractivity contribution is 5.96. The van der Waals surface area contributed by atoms with Gasteiger partial charge in [0, 0.05) is 31.2 Å². The van der Waals surface area contributed by atoms with Crippen molar-refractivity contribution in [3.63, 3.8) is 0 Å². The van der Waals surface area contributed by atoms with E-state index in [1.54, 1.807) is 0 Å². The van der Waals surface area contributed by atoms with Crippen molar-refractivity contribution >= 4 is 18.3 Å². The first-order valence-electron chi connectivity index (χ1n) is 9.19. The second-order valence-corrected chi connectivity index (χ2v) is 7.47. The molecule has 1 aliphatic carbocycles. The Morgan fingerprint density at radius 1 is 1.26 bits per heavy atom. The average Bonchev–Trinajstić information content (AvgIpc) is 3.02. The zero-order valence-corrected chi connectivity index (χ0v) is 17.8. The molecular weight excluding hydrogens is 366 g/mol. The average molecular weight is 396 g/mol. The maximum Gasteiger partial charge on any atom is 0.255 e. The van der Waals surface area contributed by atoms with E-state index in [2.05, 4.69) is 30.1 Å². The van der Waals surface area contributed by atoms with E-state index in [0.717, 1.165) is 49.0 Å². The maximum atomic E-state index is 12.7. The van der Waals surface area contributed by atoms with Gasteiger partial charge in [0.05, 0.1) is 17.8 Å². The summed E-state index contributed by atoms with van der Waals surface area (Å²) in [6.07, 6.45) is 1.80. The zero-order valence-electron chi connectivity index (χ0n) is 17.0. The Hall–Kier alpha value is -1.93. The summed E-state index contributed by atoms with van der Waals surface area (Å²) in [4.78, 5) is 14.7. The van der Waals surface area contributed by atoms with E-state index in [4.69, 9.17) is 0 Å². The van der Waals surface area contributed by atoms with Crippen LogP contribution in [-0.2, 0) is 20.1 Å². The van der Waals surface area contributed by atoms with Gasteiger partial charge >= 0.3 is 0 Å². The lowest BCUT2D eigenvalue weighted by molar-refractivity contribution is 0.0905. The molecule has 0 bridgehead atoms. The molecule has 150 valence electrons. The minimum absolute atomic E-state index is 0. The smallest absolute Gasteiger partial charge is 0.255 e. The summed E-state index contributed by atoms with van der Waals surface area (Å²) in [6.45, 7) is 7.42. The number of aryl methyl sites for hydroxylation is 2. The van der Waals surface area contributed by atoms with Crippen LogP contribution in [-0.4, -0.2) is 55.5 Å². The van der Waals surface area contributed by atoms with Gasteiger partial charge in [-0.15, -0.1) is 22.6 Å². The fourth-order valence-electron chi connectivity index (χ4n) is 3.69. The number of hydrogen-bond donors (Lipinski definition) is 1. The number of carbonyl (C=O) groups excluding carboxylic acids is 1. The van der Waals surface area contributed by atoms with Crippen LogP contribution in [0.4, 0.5) is 0 Å². The molecule has 0 spiro atoms. The Balaban J connectivity index is 0.00000261. The summed E-state index contributed by atoms with van der Waals surface area (Å²) in [7, 11) is 6.06. The maximum absolute atomic E-state index is 12.7. The molecule has 1 fully saturated rings. The summed E-state index contributed by atoms with van der Waals surface area (Å²) >= 11 is 0. The summed E-state index contributed by atoms with van der Waals surface area (Å²) in [5.41, 5.74) is 2.43. The Bertz CT molecular complexity index is 805. The molecule has 1 saturated carbocycles. The first kappa shape index (κ1) is 21.4. The first-order chi connectivity index (χ1) is 12.3. The van der Waals surface area contributed by atoms with Crippen molar-refractivity contribution in [2.24, 2.45) is 7.05 Å². The molecule has 1 N–H and O–H groups in total. The first-order valence-corrected chi connectivity index (χ1v) is 9.19. The van der Waals surface area contributed by atoms with E-state index in [1.165, 1.54) is 0 Å². The third-order valence-corrected chi connectivity index (χ3v) is 5.20. The van der Waals surface area contributed by atoms with Crippen LogP contribution in [0, 0.1) is 13.8 Å². The minimum Gasteiger partial charge on any atom is -0.349 e. The lowest BCUT2D eigenvalue weighted by atomic mass is 9.79. The molecular formula is C18H30ClN7O. The molecule has 0 radical (unpaired) electrons. The normalized spacial score (nSPS) is 18.9. The molecule has 0 aromatic carbocycles. The highest BCUT2D eigenvalue weighted by Crippen LogP contribution is 2.36. The SMILES string of the molecule is CCn1nc(C)c(C(=O)NC2CC(c3nnc(CN(C)C)n3C)C2)c1C.Cl. The van der Waals surface area contributed by atoms with E-state index >= 15 is 0 Å². The Morgan fingerprint density at radius 2 is 1.93 bits per heavy atom. The molecule has 2 heterocycles. The fraction of sp³-hybridized carbons (Fsp3) is 0.667. The number of nitrogens with zero attached hydrogens (tertiary/aromatic N) is 6. The van der Waals surface area contributed by atoms with Gasteiger partial charge in [0.2, 0.25) is 0 Å². The molecule has 9 heteroatoms. The largest absolute Gasteiger partial charge is 0.349 e. The second kappa shape index (κ2) is 8.39. The number of nitrogens with one attached hydrogen (secondary N) is 1. The Morgan fingerprint density at radius 3 is 2.48 bits per heavy atom. The number of rotatable bonds is 6. The van der Waals surface area contributed by atoms with Crippen LogP contribution in [0.25, 0.3) is 0 Å². The molecule has 27 heavy (non-hydrogen) atoms. The van der Waals surface area contributed by atoms with Crippen LogP contribution in [0.15, 0.2) is 0 Å². The summed E-state index contributed by atoms with van der Waals surface area (Å²) in [5, 5.41) is 16.2. The summed E-state index contributed by atoms with van der Waals surface area (Å²) in [5.74, 6) is 2.32. The van der Waals surface area contributed by atoms with Gasteiger partial charge in [0.1, 0.15) is 11.6 Å². The van der Waals surface area contributed by atoms with Crippen molar-refractivity contribution in [1.29, 1.82) is 0 Å². The van der Waals surface area contributed by atoms with Crippen LogP contribution < -0.4 is 5.32 Å². The second-order valence-electron chi connectivity index (χ2n) is 7.47. The van der Waals surface area contributed by atoms with Crippen LogP contribution in [0.2, 0.25) is 0 Å². The molecule has 3 rings (SSSR count). The molecule has 2 aromatic rings. The van der Waals surface area contributed by atoms with Crippen LogP contribution in [0.1, 0.15) is 59.1 Å². The van der Waals surface area contributed by atoms with Gasteiger partial charge in [-0.1, -0.05) is 0 Å². The van der Waals surface area contributed by atoms with Gasteiger partial charge in [-0.3, -0.25) is 9.48 Å². The van der Waals surface area contributed by atoms with Gasteiger partial charge in [-0.05, 0) is 47.7 Å². The number of amides is 1. The Labute approximate surface area is 166 Å². The minimum atomic E-state index is -0.0191. The van der Waals surface area contributed by atoms with E-state index < -0.39 is 0 Å². The van der Waals surface area contributed by atoms with E-state index in [9.17, 15) is 4.79 Å². The van der Waals surface area contributed by atoms with Gasteiger partial charge in [0.15, 0.2) is 0 Å². The van der Waals surface area contributed by atoms with Gasteiger partial charge in [-0.25, -0.2) is 0 Å². The molecule has 1 amide bonds. The van der Waals surface area contributed by atoms with Gasteiger partial charge < -0.3 is 14.8 Å². The highest BCUT2D eigenvalue weighted by Gasteiger charge is 2.35. The van der Waals surface area contributed by atoms with Crippen molar-refractivity contribution in [1.82, 2.24) is 34.8 Å². The molecule has 0 atom stereocenters. The van der Waals surface area contributed by atoms with Crippen LogP contribution >= 0.6 is 12.4 Å². The molecule has 0 aliphatic heterocycles. The van der Waals surface area contributed by atoms with Gasteiger partial charge in [0.25, 0.3) is 5.91 Å². The highest BCUT2D eigenvalue weighted by atomic mass is 35.5. The van der Waals surface area contributed by atoms with Crippen molar-refractivity contribution in [3.8, 4) is 0 Å². The molecule has 0 unspecified atom stereocenters. The molecule has 8 nitrogen and oxygen atoms in total. The van der Waals surface area contributed by atoms with Crippen molar-refractivity contribution in [2.75, 3.05) is 14.1 Å². The number of carbonyl (C=O) groups is 1. The van der Waals surface area contributed by atoms with Crippen molar-refractivity contribution in [2.45, 2.75) is 58.7 Å². The third-order valence-electron chi connectivity index (χ3n) is 5.20. The monoisotopic (exact) mass is 395 g/mol. The predicted molar refractivity (Wildman–Crippen MR) is 106 cm³/mol. The summed E-state index contributed by atoms with van der Waals surface area (Å²) < 4.78 is 3.96. The molecule has 2 aromatic heterocycles.